The Hall–Kier alpha value is -0.610. The van der Waals surface area contributed by atoms with Crippen LogP contribution in [0.15, 0.2) is 0 Å². The molecule has 4 heteroatoms. The van der Waals surface area contributed by atoms with Gasteiger partial charge in [0.1, 0.15) is 5.54 Å². The number of hydrogen-bond donors (Lipinski definition) is 2. The molecule has 2 N–H and O–H groups in total. The Labute approximate surface area is 98.1 Å². The number of nitrogens with one attached hydrogen (secondary N) is 2. The normalized spacial score (nSPS) is 21.4. The maximum Gasteiger partial charge on any atom is 0.240 e. The Bertz CT molecular complexity index is 220. The first-order valence-electron chi connectivity index (χ1n) is 6.28. The highest BCUT2D eigenvalue weighted by atomic mass is 16.5. The fourth-order valence-corrected chi connectivity index (χ4v) is 2.01. The van der Waals surface area contributed by atoms with Crippen LogP contribution in [0, 0.1) is 0 Å². The average molecular weight is 228 g/mol. The minimum Gasteiger partial charge on any atom is -0.381 e. The number of carbonyl (C=O) groups is 1. The fourth-order valence-electron chi connectivity index (χ4n) is 2.01. The average Bonchev–Trinajstić information content (AvgIpc) is 2.30. The molecule has 16 heavy (non-hydrogen) atoms. The Morgan fingerprint density at radius 3 is 2.50 bits per heavy atom. The molecule has 0 bridgehead atoms. The van der Waals surface area contributed by atoms with Crippen molar-refractivity contribution in [1.29, 1.82) is 0 Å². The van der Waals surface area contributed by atoms with E-state index in [1.54, 1.807) is 0 Å². The second-order valence-electron chi connectivity index (χ2n) is 4.51. The highest BCUT2D eigenvalue weighted by molar-refractivity contribution is 5.86. The van der Waals surface area contributed by atoms with Crippen molar-refractivity contribution in [3.63, 3.8) is 0 Å². The zero-order valence-corrected chi connectivity index (χ0v) is 10.6. The van der Waals surface area contributed by atoms with Crippen molar-refractivity contribution < 1.29 is 9.53 Å². The van der Waals surface area contributed by atoms with Crippen LogP contribution in [0.2, 0.25) is 0 Å². The fraction of sp³-hybridized carbons (Fsp3) is 0.917. The molecule has 1 rings (SSSR count). The number of hydrogen-bond acceptors (Lipinski definition) is 3. The first-order chi connectivity index (χ1) is 7.64. The van der Waals surface area contributed by atoms with Crippen LogP contribution in [0.1, 0.15) is 40.0 Å². The molecular weight excluding hydrogens is 204 g/mol. The predicted octanol–water partition coefficient (Wildman–Crippen LogP) is 1.06. The van der Waals surface area contributed by atoms with E-state index in [9.17, 15) is 4.79 Å². The first-order valence-corrected chi connectivity index (χ1v) is 6.28. The number of likely N-dealkylation sites (N-methyl/N-ethyl adjacent to an activating group) is 1. The van der Waals surface area contributed by atoms with E-state index in [2.05, 4.69) is 17.6 Å². The summed E-state index contributed by atoms with van der Waals surface area (Å²) in [6, 6.07) is 0.242. The van der Waals surface area contributed by atoms with Crippen LogP contribution in [-0.4, -0.2) is 37.2 Å². The Kier molecular flexibility index (Phi) is 5.22. The van der Waals surface area contributed by atoms with Crippen molar-refractivity contribution >= 4 is 5.91 Å². The molecule has 1 heterocycles. The highest BCUT2D eigenvalue weighted by Gasteiger charge is 2.39. The van der Waals surface area contributed by atoms with Crippen molar-refractivity contribution in [2.75, 3.05) is 19.8 Å². The van der Waals surface area contributed by atoms with E-state index in [1.165, 1.54) is 0 Å². The van der Waals surface area contributed by atoms with E-state index in [-0.39, 0.29) is 11.9 Å². The molecule has 0 aromatic heterocycles. The highest BCUT2D eigenvalue weighted by Crippen LogP contribution is 2.21. The summed E-state index contributed by atoms with van der Waals surface area (Å²) in [5, 5.41) is 6.40. The Balaban J connectivity index is 2.64. The van der Waals surface area contributed by atoms with Crippen LogP contribution < -0.4 is 10.6 Å². The molecule has 94 valence electrons. The van der Waals surface area contributed by atoms with Gasteiger partial charge in [-0.15, -0.1) is 0 Å². The molecule has 0 spiro atoms. The van der Waals surface area contributed by atoms with E-state index in [1.807, 2.05) is 13.8 Å². The van der Waals surface area contributed by atoms with E-state index < -0.39 is 5.54 Å². The van der Waals surface area contributed by atoms with Gasteiger partial charge in [0.05, 0.1) is 0 Å². The van der Waals surface area contributed by atoms with Gasteiger partial charge in [0, 0.05) is 19.3 Å². The molecular formula is C12H24N2O2. The van der Waals surface area contributed by atoms with Gasteiger partial charge in [0.25, 0.3) is 0 Å². The lowest BCUT2D eigenvalue weighted by Crippen LogP contribution is -2.60. The summed E-state index contributed by atoms with van der Waals surface area (Å²) in [5.74, 6) is 0.131. The van der Waals surface area contributed by atoms with Crippen molar-refractivity contribution in [2.24, 2.45) is 0 Å². The first kappa shape index (κ1) is 13.5. The van der Waals surface area contributed by atoms with Crippen LogP contribution in [0.25, 0.3) is 0 Å². The smallest absolute Gasteiger partial charge is 0.240 e. The zero-order chi connectivity index (χ0) is 12.0. The molecule has 0 aliphatic carbocycles. The SMILES string of the molecule is CCNC1(C(=O)NC(C)CC)CCOCC1. The summed E-state index contributed by atoms with van der Waals surface area (Å²) < 4.78 is 5.33. The monoisotopic (exact) mass is 228 g/mol. The topological polar surface area (TPSA) is 50.4 Å². The predicted molar refractivity (Wildman–Crippen MR) is 64.4 cm³/mol. The third-order valence-corrected chi connectivity index (χ3v) is 3.29. The standard InChI is InChI=1S/C12H24N2O2/c1-4-10(3)14-11(15)12(13-5-2)6-8-16-9-7-12/h10,13H,4-9H2,1-3H3,(H,14,15). The summed E-state index contributed by atoms with van der Waals surface area (Å²) >= 11 is 0. The molecule has 1 atom stereocenters. The molecule has 1 saturated heterocycles. The summed E-state index contributed by atoms with van der Waals surface area (Å²) in [7, 11) is 0. The summed E-state index contributed by atoms with van der Waals surface area (Å²) in [4.78, 5) is 12.3. The lowest BCUT2D eigenvalue weighted by atomic mass is 9.88. The van der Waals surface area contributed by atoms with Gasteiger partial charge in [-0.2, -0.15) is 0 Å². The van der Waals surface area contributed by atoms with Gasteiger partial charge in [0.15, 0.2) is 0 Å². The number of rotatable bonds is 5. The lowest BCUT2D eigenvalue weighted by Gasteiger charge is -2.37. The van der Waals surface area contributed by atoms with Gasteiger partial charge >= 0.3 is 0 Å². The third kappa shape index (κ3) is 3.19. The molecule has 1 amide bonds. The second-order valence-corrected chi connectivity index (χ2v) is 4.51. The number of amides is 1. The van der Waals surface area contributed by atoms with Crippen molar-refractivity contribution in [2.45, 2.75) is 51.6 Å². The van der Waals surface area contributed by atoms with Gasteiger partial charge in [-0.25, -0.2) is 0 Å². The molecule has 1 fully saturated rings. The summed E-state index contributed by atoms with van der Waals surface area (Å²) in [6.07, 6.45) is 2.50. The van der Waals surface area contributed by atoms with Gasteiger partial charge < -0.3 is 15.4 Å². The van der Waals surface area contributed by atoms with E-state index in [0.717, 1.165) is 25.8 Å². The van der Waals surface area contributed by atoms with Crippen molar-refractivity contribution in [3.8, 4) is 0 Å². The maximum absolute atomic E-state index is 12.3. The third-order valence-electron chi connectivity index (χ3n) is 3.29. The van der Waals surface area contributed by atoms with Crippen molar-refractivity contribution in [1.82, 2.24) is 10.6 Å². The molecule has 0 aromatic carbocycles. The minimum absolute atomic E-state index is 0.131. The van der Waals surface area contributed by atoms with E-state index >= 15 is 0 Å². The van der Waals surface area contributed by atoms with Crippen LogP contribution in [0.4, 0.5) is 0 Å². The van der Waals surface area contributed by atoms with E-state index in [4.69, 9.17) is 4.74 Å². The molecule has 0 radical (unpaired) electrons. The maximum atomic E-state index is 12.3. The summed E-state index contributed by atoms with van der Waals surface area (Å²) in [5.41, 5.74) is -0.406. The number of ether oxygens (including phenoxy) is 1. The molecule has 4 nitrogen and oxygen atoms in total. The minimum atomic E-state index is -0.406. The van der Waals surface area contributed by atoms with Gasteiger partial charge in [-0.3, -0.25) is 4.79 Å². The van der Waals surface area contributed by atoms with Crippen LogP contribution in [0.3, 0.4) is 0 Å². The van der Waals surface area contributed by atoms with Crippen molar-refractivity contribution in [3.05, 3.63) is 0 Å². The molecule has 1 unspecified atom stereocenters. The number of carbonyl (C=O) groups excluding carboxylic acids is 1. The summed E-state index contributed by atoms with van der Waals surface area (Å²) in [6.45, 7) is 8.30. The Morgan fingerprint density at radius 2 is 2.00 bits per heavy atom. The van der Waals surface area contributed by atoms with Crippen LogP contribution in [-0.2, 0) is 9.53 Å². The molecule has 0 saturated carbocycles. The van der Waals surface area contributed by atoms with Gasteiger partial charge in [0.2, 0.25) is 5.91 Å². The molecule has 1 aliphatic rings. The van der Waals surface area contributed by atoms with E-state index in [0.29, 0.717) is 13.2 Å². The van der Waals surface area contributed by atoms with Crippen LogP contribution >= 0.6 is 0 Å². The lowest BCUT2D eigenvalue weighted by molar-refractivity contribution is -0.132. The van der Waals surface area contributed by atoms with Gasteiger partial charge in [-0.05, 0) is 32.7 Å². The Morgan fingerprint density at radius 1 is 1.38 bits per heavy atom. The largest absolute Gasteiger partial charge is 0.381 e. The second kappa shape index (κ2) is 6.21. The molecule has 0 aromatic rings. The quantitative estimate of drug-likeness (QED) is 0.740. The van der Waals surface area contributed by atoms with Crippen LogP contribution in [0.5, 0.6) is 0 Å². The van der Waals surface area contributed by atoms with Gasteiger partial charge in [-0.1, -0.05) is 13.8 Å². The molecule has 1 aliphatic heterocycles. The zero-order valence-electron chi connectivity index (χ0n) is 10.6.